The van der Waals surface area contributed by atoms with Crippen molar-refractivity contribution in [2.24, 2.45) is 5.41 Å². The van der Waals surface area contributed by atoms with Gasteiger partial charge in [-0.1, -0.05) is 44.0 Å². The fourth-order valence-electron chi connectivity index (χ4n) is 1.42. The lowest BCUT2D eigenvalue weighted by Crippen LogP contribution is -2.33. The van der Waals surface area contributed by atoms with Gasteiger partial charge < -0.3 is 5.11 Å². The molecule has 0 aliphatic carbocycles. The Morgan fingerprint density at radius 2 is 1.90 bits per heavy atom. The first-order valence-electron chi connectivity index (χ1n) is 6.22. The molecule has 1 aromatic rings. The predicted octanol–water partition coefficient (Wildman–Crippen LogP) is 3.20. The van der Waals surface area contributed by atoms with Gasteiger partial charge in [0, 0.05) is 17.1 Å². The molecular weight excluding hydrogens is 321 g/mol. The zero-order valence-corrected chi connectivity index (χ0v) is 14.0. The van der Waals surface area contributed by atoms with Gasteiger partial charge in [0.05, 0.1) is 11.6 Å². The van der Waals surface area contributed by atoms with Crippen molar-refractivity contribution < 1.29 is 13.5 Å². The lowest BCUT2D eigenvalue weighted by atomic mass is 9.91. The molecule has 1 rings (SSSR count). The minimum atomic E-state index is -3.74. The van der Waals surface area contributed by atoms with E-state index in [1.54, 1.807) is 0 Å². The summed E-state index contributed by atoms with van der Waals surface area (Å²) in [4.78, 5) is -0.0699. The van der Waals surface area contributed by atoms with Gasteiger partial charge in [-0.15, -0.1) is 0 Å². The molecule has 0 bridgehead atoms. The van der Waals surface area contributed by atoms with Gasteiger partial charge in [0.25, 0.3) is 0 Å². The Morgan fingerprint density at radius 1 is 1.30 bits per heavy atom. The third-order valence-electron chi connectivity index (χ3n) is 3.30. The Kier molecular flexibility index (Phi) is 5.87. The largest absolute Gasteiger partial charge is 0.392 e. The van der Waals surface area contributed by atoms with Gasteiger partial charge in [0.1, 0.15) is 4.90 Å². The summed E-state index contributed by atoms with van der Waals surface area (Å²) >= 11 is 11.9. The highest BCUT2D eigenvalue weighted by molar-refractivity contribution is 7.89. The molecule has 0 heterocycles. The molecule has 7 heteroatoms. The molecule has 1 aromatic carbocycles. The smallest absolute Gasteiger partial charge is 0.242 e. The zero-order chi connectivity index (χ0) is 15.6. The molecule has 2 N–H and O–H groups in total. The Hall–Kier alpha value is -0.330. The topological polar surface area (TPSA) is 66.4 Å². The van der Waals surface area contributed by atoms with Gasteiger partial charge in [-0.05, 0) is 24.0 Å². The molecule has 0 radical (unpaired) electrons. The predicted molar refractivity (Wildman–Crippen MR) is 81.6 cm³/mol. The van der Waals surface area contributed by atoms with Crippen LogP contribution in [0.25, 0.3) is 0 Å². The summed E-state index contributed by atoms with van der Waals surface area (Å²) < 4.78 is 27.1. The number of hydrogen-bond donors (Lipinski definition) is 2. The van der Waals surface area contributed by atoms with Crippen LogP contribution in [-0.2, 0) is 16.6 Å². The summed E-state index contributed by atoms with van der Waals surface area (Å²) in [5.41, 5.74) is 0.0668. The van der Waals surface area contributed by atoms with Crippen LogP contribution in [0.2, 0.25) is 10.0 Å². The molecule has 20 heavy (non-hydrogen) atoms. The monoisotopic (exact) mass is 339 g/mol. The number of aliphatic hydroxyl groups excluding tert-OH is 1. The molecular formula is C13H19Cl2NO3S. The van der Waals surface area contributed by atoms with E-state index in [0.29, 0.717) is 6.54 Å². The zero-order valence-electron chi connectivity index (χ0n) is 11.7. The van der Waals surface area contributed by atoms with Gasteiger partial charge in [0.2, 0.25) is 10.0 Å². The Morgan fingerprint density at radius 3 is 2.40 bits per heavy atom. The first-order valence-corrected chi connectivity index (χ1v) is 8.46. The number of aliphatic hydroxyl groups is 1. The molecule has 0 unspecified atom stereocenters. The van der Waals surface area contributed by atoms with Crippen LogP contribution in [0.5, 0.6) is 0 Å². The van der Waals surface area contributed by atoms with Gasteiger partial charge in [-0.3, -0.25) is 0 Å². The van der Waals surface area contributed by atoms with Crippen LogP contribution in [0, 0.1) is 5.41 Å². The third-order valence-corrected chi connectivity index (χ3v) is 5.64. The first kappa shape index (κ1) is 17.7. The first-order chi connectivity index (χ1) is 9.14. The van der Waals surface area contributed by atoms with Crippen LogP contribution in [-0.4, -0.2) is 20.1 Å². The van der Waals surface area contributed by atoms with Crippen LogP contribution in [0.4, 0.5) is 0 Å². The minimum absolute atomic E-state index is 0.0400. The third kappa shape index (κ3) is 4.09. The highest BCUT2D eigenvalue weighted by atomic mass is 35.5. The van der Waals surface area contributed by atoms with Crippen LogP contribution in [0.1, 0.15) is 32.8 Å². The van der Waals surface area contributed by atoms with Gasteiger partial charge in [-0.25, -0.2) is 13.1 Å². The number of halogens is 2. The van der Waals surface area contributed by atoms with E-state index in [-0.39, 0.29) is 25.9 Å². The van der Waals surface area contributed by atoms with E-state index in [0.717, 1.165) is 6.42 Å². The minimum Gasteiger partial charge on any atom is -0.392 e. The normalized spacial score (nSPS) is 12.7. The summed E-state index contributed by atoms with van der Waals surface area (Å²) in [6.07, 6.45) is 0.839. The van der Waals surface area contributed by atoms with Crippen LogP contribution < -0.4 is 4.72 Å². The maximum absolute atomic E-state index is 12.3. The second-order valence-corrected chi connectivity index (χ2v) is 7.86. The van der Waals surface area contributed by atoms with Crippen molar-refractivity contribution >= 4 is 33.2 Å². The van der Waals surface area contributed by atoms with E-state index in [1.807, 2.05) is 20.8 Å². The molecule has 0 aromatic heterocycles. The maximum Gasteiger partial charge on any atom is 0.242 e. The molecule has 0 aliphatic heterocycles. The highest BCUT2D eigenvalue weighted by Gasteiger charge is 2.24. The van der Waals surface area contributed by atoms with E-state index in [2.05, 4.69) is 4.72 Å². The summed E-state index contributed by atoms with van der Waals surface area (Å²) in [6, 6.07) is 2.75. The van der Waals surface area contributed by atoms with Crippen molar-refractivity contribution in [3.8, 4) is 0 Å². The van der Waals surface area contributed by atoms with Crippen molar-refractivity contribution in [1.82, 2.24) is 4.72 Å². The van der Waals surface area contributed by atoms with Crippen molar-refractivity contribution in [3.63, 3.8) is 0 Å². The number of benzene rings is 1. The summed E-state index contributed by atoms with van der Waals surface area (Å²) in [6.45, 7) is 5.82. The number of rotatable bonds is 6. The second kappa shape index (κ2) is 6.62. The average Bonchev–Trinajstić information content (AvgIpc) is 2.37. The van der Waals surface area contributed by atoms with Gasteiger partial charge in [-0.2, -0.15) is 0 Å². The lowest BCUT2D eigenvalue weighted by molar-refractivity contribution is 0.281. The summed E-state index contributed by atoms with van der Waals surface area (Å²) in [5.74, 6) is 0. The molecule has 4 nitrogen and oxygen atoms in total. The Balaban J connectivity index is 3.11. The SMILES string of the molecule is CCC(C)(C)CNS(=O)(=O)c1ccc(Cl)c(CO)c1Cl. The molecule has 0 atom stereocenters. The molecule has 0 fully saturated rings. The van der Waals surface area contributed by atoms with Crippen LogP contribution in [0.3, 0.4) is 0 Å². The van der Waals surface area contributed by atoms with Crippen molar-refractivity contribution in [1.29, 1.82) is 0 Å². The maximum atomic E-state index is 12.3. The fraction of sp³-hybridized carbons (Fsp3) is 0.538. The Bertz CT molecular complexity index is 586. The van der Waals surface area contributed by atoms with Gasteiger partial charge in [0.15, 0.2) is 0 Å². The molecule has 114 valence electrons. The lowest BCUT2D eigenvalue weighted by Gasteiger charge is -2.23. The highest BCUT2D eigenvalue weighted by Crippen LogP contribution is 2.31. The number of hydrogen-bond acceptors (Lipinski definition) is 3. The van der Waals surface area contributed by atoms with Gasteiger partial charge >= 0.3 is 0 Å². The standard InChI is InChI=1S/C13H19Cl2NO3S/c1-4-13(2,3)8-16-20(18,19)11-6-5-10(14)9(7-17)12(11)15/h5-6,16-17H,4,7-8H2,1-3H3. The van der Waals surface area contributed by atoms with Crippen molar-refractivity contribution in [2.45, 2.75) is 38.7 Å². The van der Waals surface area contributed by atoms with E-state index in [1.165, 1.54) is 12.1 Å². The molecule has 0 amide bonds. The van der Waals surface area contributed by atoms with E-state index >= 15 is 0 Å². The quantitative estimate of drug-likeness (QED) is 0.836. The second-order valence-electron chi connectivity index (χ2n) is 5.34. The molecule has 0 saturated heterocycles. The molecule has 0 spiro atoms. The summed E-state index contributed by atoms with van der Waals surface area (Å²) in [5, 5.41) is 9.40. The van der Waals surface area contributed by atoms with E-state index in [9.17, 15) is 13.5 Å². The summed E-state index contributed by atoms with van der Waals surface area (Å²) in [7, 11) is -3.74. The molecule has 0 saturated carbocycles. The number of sulfonamides is 1. The molecule has 0 aliphatic rings. The van der Waals surface area contributed by atoms with E-state index in [4.69, 9.17) is 23.2 Å². The fourth-order valence-corrected chi connectivity index (χ4v) is 3.56. The van der Waals surface area contributed by atoms with Crippen molar-refractivity contribution in [2.75, 3.05) is 6.54 Å². The van der Waals surface area contributed by atoms with E-state index < -0.39 is 16.6 Å². The van der Waals surface area contributed by atoms with Crippen molar-refractivity contribution in [3.05, 3.63) is 27.7 Å². The number of nitrogens with one attached hydrogen (secondary N) is 1. The van der Waals surface area contributed by atoms with Crippen LogP contribution >= 0.6 is 23.2 Å². The Labute approximate surface area is 130 Å². The van der Waals surface area contributed by atoms with Crippen LogP contribution in [0.15, 0.2) is 17.0 Å². The average molecular weight is 340 g/mol.